The Morgan fingerprint density at radius 2 is 1.75 bits per heavy atom. The number of hydrogen-bond donors (Lipinski definition) is 1. The lowest BCUT2D eigenvalue weighted by Gasteiger charge is -2.17. The molecule has 6 nitrogen and oxygen atoms in total. The zero-order valence-corrected chi connectivity index (χ0v) is 15.8. The molecule has 0 aliphatic carbocycles. The van der Waals surface area contributed by atoms with E-state index in [9.17, 15) is 14.4 Å². The summed E-state index contributed by atoms with van der Waals surface area (Å²) in [5, 5.41) is 2.80. The van der Waals surface area contributed by atoms with E-state index in [0.29, 0.717) is 13.1 Å². The molecule has 0 bridgehead atoms. The number of rotatable bonds is 7. The Labute approximate surface area is 164 Å². The maximum atomic E-state index is 12.3. The van der Waals surface area contributed by atoms with Crippen molar-refractivity contribution in [2.75, 3.05) is 13.2 Å². The molecular formula is C22H24N2O4. The summed E-state index contributed by atoms with van der Waals surface area (Å²) in [6.07, 6.45) is 0.119. The third-order valence-corrected chi connectivity index (χ3v) is 4.79. The first kappa shape index (κ1) is 19.6. The van der Waals surface area contributed by atoms with Gasteiger partial charge >= 0.3 is 5.97 Å². The van der Waals surface area contributed by atoms with E-state index in [1.165, 1.54) is 0 Å². The van der Waals surface area contributed by atoms with Crippen molar-refractivity contribution in [2.45, 2.75) is 25.9 Å². The molecule has 2 aromatic carbocycles. The van der Waals surface area contributed by atoms with Crippen molar-refractivity contribution < 1.29 is 19.1 Å². The number of carbonyl (C=O) groups excluding carboxylic acids is 3. The summed E-state index contributed by atoms with van der Waals surface area (Å²) in [6.45, 7) is 2.30. The van der Waals surface area contributed by atoms with Gasteiger partial charge in [0.25, 0.3) is 5.91 Å². The lowest BCUT2D eigenvalue weighted by molar-refractivity contribution is -0.152. The predicted molar refractivity (Wildman–Crippen MR) is 104 cm³/mol. The molecule has 1 saturated heterocycles. The molecule has 0 spiro atoms. The minimum Gasteiger partial charge on any atom is -0.455 e. The van der Waals surface area contributed by atoms with Gasteiger partial charge in [0.15, 0.2) is 6.61 Å². The van der Waals surface area contributed by atoms with Gasteiger partial charge in [-0.3, -0.25) is 14.4 Å². The van der Waals surface area contributed by atoms with Gasteiger partial charge in [0.05, 0.1) is 12.0 Å². The Kier molecular flexibility index (Phi) is 6.42. The highest BCUT2D eigenvalue weighted by molar-refractivity contribution is 5.88. The van der Waals surface area contributed by atoms with Crippen LogP contribution in [0.1, 0.15) is 30.5 Å². The lowest BCUT2D eigenvalue weighted by atomic mass is 10.1. The average Bonchev–Trinajstić information content (AvgIpc) is 3.08. The minimum atomic E-state index is -0.532. The number of esters is 1. The third kappa shape index (κ3) is 5.19. The molecule has 2 aromatic rings. The fourth-order valence-electron chi connectivity index (χ4n) is 3.25. The van der Waals surface area contributed by atoms with Gasteiger partial charge in [-0.1, -0.05) is 60.7 Å². The molecule has 1 N–H and O–H groups in total. The number of nitrogens with one attached hydrogen (secondary N) is 1. The van der Waals surface area contributed by atoms with Crippen molar-refractivity contribution in [3.05, 3.63) is 71.8 Å². The standard InChI is InChI=1S/C22H24N2O4/c1-16(18-10-6-3-7-11-18)23-20(25)15-28-22(27)19-12-21(26)24(14-19)13-17-8-4-2-5-9-17/h2-11,16,19H,12-15H2,1H3,(H,23,25)/t16-,19+/m1/s1. The Morgan fingerprint density at radius 1 is 1.11 bits per heavy atom. The predicted octanol–water partition coefficient (Wildman–Crippen LogP) is 2.46. The third-order valence-electron chi connectivity index (χ3n) is 4.79. The van der Waals surface area contributed by atoms with E-state index in [-0.39, 0.29) is 30.9 Å². The monoisotopic (exact) mass is 380 g/mol. The quantitative estimate of drug-likeness (QED) is 0.749. The van der Waals surface area contributed by atoms with E-state index < -0.39 is 11.9 Å². The van der Waals surface area contributed by atoms with E-state index in [1.807, 2.05) is 67.6 Å². The molecule has 146 valence electrons. The molecule has 1 heterocycles. The summed E-state index contributed by atoms with van der Waals surface area (Å²) in [6, 6.07) is 19.0. The number of benzene rings is 2. The molecule has 6 heteroatoms. The minimum absolute atomic E-state index is 0.0760. The van der Waals surface area contributed by atoms with E-state index in [4.69, 9.17) is 4.74 Å². The van der Waals surface area contributed by atoms with Crippen LogP contribution in [0.5, 0.6) is 0 Å². The Hall–Kier alpha value is -3.15. The topological polar surface area (TPSA) is 75.7 Å². The number of likely N-dealkylation sites (tertiary alicyclic amines) is 1. The summed E-state index contributed by atoms with van der Waals surface area (Å²) >= 11 is 0. The zero-order valence-electron chi connectivity index (χ0n) is 15.8. The van der Waals surface area contributed by atoms with Crippen LogP contribution < -0.4 is 5.32 Å². The van der Waals surface area contributed by atoms with Gasteiger partial charge in [-0.25, -0.2) is 0 Å². The van der Waals surface area contributed by atoms with Crippen LogP contribution in [0.3, 0.4) is 0 Å². The van der Waals surface area contributed by atoms with Gasteiger partial charge in [-0.15, -0.1) is 0 Å². The second kappa shape index (κ2) is 9.17. The van der Waals surface area contributed by atoms with Gasteiger partial charge in [-0.05, 0) is 18.1 Å². The maximum absolute atomic E-state index is 12.3. The van der Waals surface area contributed by atoms with Crippen molar-refractivity contribution in [1.29, 1.82) is 0 Å². The van der Waals surface area contributed by atoms with E-state index in [1.54, 1.807) is 4.90 Å². The molecule has 0 radical (unpaired) electrons. The summed E-state index contributed by atoms with van der Waals surface area (Å²) in [5.41, 5.74) is 1.99. The highest BCUT2D eigenvalue weighted by atomic mass is 16.5. The van der Waals surface area contributed by atoms with Crippen molar-refractivity contribution in [3.8, 4) is 0 Å². The van der Waals surface area contributed by atoms with Gasteiger partial charge < -0.3 is 15.0 Å². The number of carbonyl (C=O) groups is 3. The lowest BCUT2D eigenvalue weighted by Crippen LogP contribution is -2.32. The summed E-state index contributed by atoms with van der Waals surface area (Å²) in [5.74, 6) is -1.48. The van der Waals surface area contributed by atoms with Crippen LogP contribution in [0.15, 0.2) is 60.7 Å². The van der Waals surface area contributed by atoms with E-state index in [2.05, 4.69) is 5.32 Å². The second-order valence-electron chi connectivity index (χ2n) is 6.97. The first-order valence-electron chi connectivity index (χ1n) is 9.35. The molecule has 2 atom stereocenters. The summed E-state index contributed by atoms with van der Waals surface area (Å²) < 4.78 is 5.14. The molecule has 1 fully saturated rings. The number of ether oxygens (including phenoxy) is 1. The normalized spacial score (nSPS) is 17.2. The highest BCUT2D eigenvalue weighted by Crippen LogP contribution is 2.21. The van der Waals surface area contributed by atoms with Crippen molar-refractivity contribution >= 4 is 17.8 Å². The molecular weight excluding hydrogens is 356 g/mol. The van der Waals surface area contributed by atoms with Crippen LogP contribution >= 0.6 is 0 Å². The van der Waals surface area contributed by atoms with Crippen LogP contribution in [0.4, 0.5) is 0 Å². The van der Waals surface area contributed by atoms with Crippen LogP contribution in [0.25, 0.3) is 0 Å². The first-order valence-corrected chi connectivity index (χ1v) is 9.35. The van der Waals surface area contributed by atoms with Crippen LogP contribution in [0, 0.1) is 5.92 Å². The Balaban J connectivity index is 1.44. The molecule has 3 rings (SSSR count). The average molecular weight is 380 g/mol. The van der Waals surface area contributed by atoms with Crippen LogP contribution in [-0.4, -0.2) is 35.8 Å². The number of nitrogens with zero attached hydrogens (tertiary/aromatic N) is 1. The van der Waals surface area contributed by atoms with Gasteiger partial charge in [0.2, 0.25) is 5.91 Å². The van der Waals surface area contributed by atoms with Crippen LogP contribution in [0.2, 0.25) is 0 Å². The summed E-state index contributed by atoms with van der Waals surface area (Å²) in [4.78, 5) is 38.1. The fourth-order valence-corrected chi connectivity index (χ4v) is 3.25. The molecule has 1 aliphatic rings. The van der Waals surface area contributed by atoms with Gasteiger partial charge in [0.1, 0.15) is 0 Å². The SMILES string of the molecule is C[C@@H](NC(=O)COC(=O)[C@H]1CC(=O)N(Cc2ccccc2)C1)c1ccccc1. The van der Waals surface area contributed by atoms with Crippen molar-refractivity contribution in [3.63, 3.8) is 0 Å². The van der Waals surface area contributed by atoms with Crippen LogP contribution in [-0.2, 0) is 25.7 Å². The largest absolute Gasteiger partial charge is 0.455 e. The molecule has 28 heavy (non-hydrogen) atoms. The molecule has 1 aliphatic heterocycles. The number of hydrogen-bond acceptors (Lipinski definition) is 4. The van der Waals surface area contributed by atoms with Crippen molar-refractivity contribution in [1.82, 2.24) is 10.2 Å². The Bertz CT molecular complexity index is 823. The molecule has 0 saturated carbocycles. The fraction of sp³-hybridized carbons (Fsp3) is 0.318. The molecule has 2 amide bonds. The van der Waals surface area contributed by atoms with Gasteiger partial charge in [0, 0.05) is 19.5 Å². The zero-order chi connectivity index (χ0) is 19.9. The molecule has 0 aromatic heterocycles. The van der Waals surface area contributed by atoms with Crippen molar-refractivity contribution in [2.24, 2.45) is 5.92 Å². The second-order valence-corrected chi connectivity index (χ2v) is 6.97. The smallest absolute Gasteiger partial charge is 0.311 e. The first-order chi connectivity index (χ1) is 13.5. The maximum Gasteiger partial charge on any atom is 0.311 e. The number of amides is 2. The highest BCUT2D eigenvalue weighted by Gasteiger charge is 2.35. The van der Waals surface area contributed by atoms with E-state index >= 15 is 0 Å². The van der Waals surface area contributed by atoms with Gasteiger partial charge in [-0.2, -0.15) is 0 Å². The summed E-state index contributed by atoms with van der Waals surface area (Å²) in [7, 11) is 0. The molecule has 0 unspecified atom stereocenters. The van der Waals surface area contributed by atoms with E-state index in [0.717, 1.165) is 11.1 Å². The Morgan fingerprint density at radius 3 is 2.43 bits per heavy atom.